The second kappa shape index (κ2) is 17.8. The molecule has 2 amide bonds. The van der Waals surface area contributed by atoms with E-state index in [0.29, 0.717) is 37.8 Å². The number of hydrogen-bond donors (Lipinski definition) is 1. The topological polar surface area (TPSA) is 105 Å². The van der Waals surface area contributed by atoms with Crippen LogP contribution in [-0.4, -0.2) is 78.9 Å². The van der Waals surface area contributed by atoms with Crippen LogP contribution in [-0.2, 0) is 35.9 Å². The maximum Gasteiger partial charge on any atom is 0.318 e. The summed E-state index contributed by atoms with van der Waals surface area (Å²) in [6, 6.07) is 17.8. The van der Waals surface area contributed by atoms with E-state index in [0.717, 1.165) is 86.9 Å². The summed E-state index contributed by atoms with van der Waals surface area (Å²) in [5.74, 6) is 0.235. The zero-order valence-corrected chi connectivity index (χ0v) is 44.5. The Labute approximate surface area is 418 Å². The first-order valence-corrected chi connectivity index (χ1v) is 27.0. The molecule has 9 nitrogen and oxygen atoms in total. The van der Waals surface area contributed by atoms with Crippen molar-refractivity contribution in [3.8, 4) is 0 Å². The summed E-state index contributed by atoms with van der Waals surface area (Å²) in [7, 11) is 4.12. The third-order valence-corrected chi connectivity index (χ3v) is 21.2. The van der Waals surface area contributed by atoms with Crippen LogP contribution in [0.25, 0.3) is 0 Å². The summed E-state index contributed by atoms with van der Waals surface area (Å²) in [5, 5.41) is 4.43. The number of ether oxygens (including phenoxy) is 2. The third kappa shape index (κ3) is 8.31. The minimum atomic E-state index is -0.684. The average molecular weight is 965 g/mol. The molecule has 1 N–H and O–H groups in total. The first-order valence-electron chi connectivity index (χ1n) is 26.6. The summed E-state index contributed by atoms with van der Waals surface area (Å²) >= 11 is 6.31. The largest absolute Gasteiger partial charge is 0.462 e. The lowest BCUT2D eigenvalue weighted by atomic mass is 9.33. The van der Waals surface area contributed by atoms with Gasteiger partial charge in [-0.3, -0.25) is 14.4 Å². The van der Waals surface area contributed by atoms with Gasteiger partial charge >= 0.3 is 18.0 Å². The van der Waals surface area contributed by atoms with E-state index in [-0.39, 0.29) is 87.2 Å². The zero-order valence-electron chi connectivity index (χ0n) is 43.8. The molecule has 6 saturated carbocycles. The smallest absolute Gasteiger partial charge is 0.318 e. The molecule has 0 bridgehead atoms. The fourth-order valence-electron chi connectivity index (χ4n) is 16.4. The van der Waals surface area contributed by atoms with E-state index in [1.165, 1.54) is 11.1 Å². The van der Waals surface area contributed by atoms with Gasteiger partial charge in [0.15, 0.2) is 5.78 Å². The van der Waals surface area contributed by atoms with Crippen molar-refractivity contribution in [2.75, 3.05) is 33.7 Å². The Morgan fingerprint density at radius 1 is 0.754 bits per heavy atom. The Balaban J connectivity index is 0.917. The average Bonchev–Trinajstić information content (AvgIpc) is 4.00. The molecule has 376 valence electrons. The molecule has 7 aliphatic carbocycles. The molecule has 0 unspecified atom stereocenters. The molecule has 7 aliphatic rings. The molecule has 69 heavy (non-hydrogen) atoms. The number of ketones is 1. The number of fused-ring (bicyclic) bond motifs is 7. The zero-order chi connectivity index (χ0) is 49.7. The molecule has 2 aromatic rings. The monoisotopic (exact) mass is 964 g/mol. The summed E-state index contributed by atoms with van der Waals surface area (Å²) in [6.07, 6.45) is 10.5. The van der Waals surface area contributed by atoms with Crippen LogP contribution in [0.3, 0.4) is 0 Å². The fourth-order valence-corrected chi connectivity index (χ4v) is 16.6. The number of allylic oxidation sites excluding steroid dienone is 1. The number of benzene rings is 2. The molecular weight excluding hydrogens is 882 g/mol. The van der Waals surface area contributed by atoms with Gasteiger partial charge in [-0.2, -0.15) is 0 Å². The Morgan fingerprint density at radius 3 is 2.07 bits per heavy atom. The van der Waals surface area contributed by atoms with Gasteiger partial charge in [0, 0.05) is 41.9 Å². The van der Waals surface area contributed by atoms with E-state index in [1.807, 2.05) is 61.2 Å². The van der Waals surface area contributed by atoms with Crippen LogP contribution in [0.1, 0.15) is 150 Å². The number of nitrogens with one attached hydrogen (secondary N) is 1. The van der Waals surface area contributed by atoms with Gasteiger partial charge in [-0.1, -0.05) is 116 Å². The number of nitrogens with zero attached hydrogens (tertiary/aromatic N) is 2. The van der Waals surface area contributed by atoms with Gasteiger partial charge in [0.2, 0.25) is 0 Å². The van der Waals surface area contributed by atoms with Crippen molar-refractivity contribution in [2.24, 2.45) is 62.6 Å². The highest BCUT2D eigenvalue weighted by atomic mass is 35.5. The number of likely N-dealkylation sites (N-methyl/N-ethyl adjacent to an activating group) is 1. The number of esters is 2. The highest BCUT2D eigenvalue weighted by Crippen LogP contribution is 2.76. The lowest BCUT2D eigenvalue weighted by Crippen LogP contribution is -2.68. The van der Waals surface area contributed by atoms with E-state index in [9.17, 15) is 14.4 Å². The van der Waals surface area contributed by atoms with E-state index in [1.54, 1.807) is 0 Å². The Bertz CT molecular complexity index is 2350. The van der Waals surface area contributed by atoms with E-state index in [4.69, 9.17) is 21.1 Å². The molecule has 0 aromatic heterocycles. The standard InChI is InChI=1S/C59H82ClN3O6/c1-37(2)48-44(64)34-59(61-52(67)63(32-31-62(10)11)36-58(28-29-58)39-17-19-40(60)20-18-39)30-27-56(8)41(49(48)59)21-22-46-55(7)25-24-47(54(5,6)45(55)23-26-57(46,56)9)69-51(66)43-33-42(53(43,3)4)50(65)68-35-38-15-13-12-14-16-38/h12-20,37,41-43,45-47H,21-36H2,1-11H3,(H,61,67)/t41-,42+,43-,45+,46-,47+,55+,56-,57-,59-/m1/s1. The van der Waals surface area contributed by atoms with E-state index in [2.05, 4.69) is 84.9 Å². The lowest BCUT2D eigenvalue weighted by Gasteiger charge is -2.72. The molecule has 0 spiro atoms. The van der Waals surface area contributed by atoms with Gasteiger partial charge < -0.3 is 24.6 Å². The van der Waals surface area contributed by atoms with Gasteiger partial charge in [-0.25, -0.2) is 4.79 Å². The highest BCUT2D eigenvalue weighted by Gasteiger charge is 2.71. The fraction of sp³-hybridized carbons (Fsp3) is 0.695. The third-order valence-electron chi connectivity index (χ3n) is 20.9. The molecule has 9 rings (SSSR count). The van der Waals surface area contributed by atoms with Gasteiger partial charge in [-0.15, -0.1) is 0 Å². The minimum Gasteiger partial charge on any atom is -0.462 e. The van der Waals surface area contributed by atoms with E-state index < -0.39 is 11.0 Å². The number of hydrogen-bond acceptors (Lipinski definition) is 7. The van der Waals surface area contributed by atoms with Crippen LogP contribution in [0.4, 0.5) is 4.79 Å². The van der Waals surface area contributed by atoms with Crippen molar-refractivity contribution in [2.45, 2.75) is 163 Å². The minimum absolute atomic E-state index is 0.0203. The number of urea groups is 1. The van der Waals surface area contributed by atoms with Crippen molar-refractivity contribution in [3.63, 3.8) is 0 Å². The molecule has 0 aliphatic heterocycles. The Morgan fingerprint density at radius 2 is 1.43 bits per heavy atom. The SMILES string of the molecule is CC(C)C1=C2[C@H]3CC[C@@H]4[C@@]5(C)CC[C@H](OC(=O)[C@H]6C[C@@H](C(=O)OCc7ccccc7)C6(C)C)C(C)(C)[C@@H]5CC[C@@]4(C)[C@]3(C)CC[C@@]2(NC(=O)N(CCN(C)C)CC2(c3ccc(Cl)cc3)CC2)CC1=O. The van der Waals surface area contributed by atoms with Crippen LogP contribution < -0.4 is 5.32 Å². The van der Waals surface area contributed by atoms with Gasteiger partial charge in [0.05, 0.1) is 17.4 Å². The van der Waals surface area contributed by atoms with Crippen molar-refractivity contribution in [1.82, 2.24) is 15.1 Å². The van der Waals surface area contributed by atoms with E-state index >= 15 is 4.79 Å². The number of carbonyl (C=O) groups excluding carboxylic acids is 4. The van der Waals surface area contributed by atoms with Gasteiger partial charge in [0.25, 0.3) is 0 Å². The molecule has 0 heterocycles. The second-order valence-electron chi connectivity index (χ2n) is 25.8. The normalized spacial score (nSPS) is 35.8. The summed E-state index contributed by atoms with van der Waals surface area (Å²) in [5.41, 5.74) is 2.88. The van der Waals surface area contributed by atoms with Crippen LogP contribution in [0.5, 0.6) is 0 Å². The van der Waals surface area contributed by atoms with Gasteiger partial charge in [0.1, 0.15) is 12.7 Å². The summed E-state index contributed by atoms with van der Waals surface area (Å²) in [4.78, 5) is 61.1. The lowest BCUT2D eigenvalue weighted by molar-refractivity contribution is -0.235. The number of halogens is 1. The van der Waals surface area contributed by atoms with Crippen molar-refractivity contribution in [1.29, 1.82) is 0 Å². The number of rotatable bonds is 13. The molecule has 2 aromatic carbocycles. The molecule has 0 saturated heterocycles. The summed E-state index contributed by atoms with van der Waals surface area (Å²) < 4.78 is 12.4. The number of Topliss-reactive ketones (excluding diaryl/α,β-unsaturated/α-hetero) is 1. The van der Waals surface area contributed by atoms with Crippen LogP contribution in [0.15, 0.2) is 65.7 Å². The molecule has 10 heteroatoms. The first-order chi connectivity index (χ1) is 32.4. The number of carbonyl (C=O) groups is 4. The van der Waals surface area contributed by atoms with Crippen molar-refractivity contribution < 1.29 is 28.7 Å². The van der Waals surface area contributed by atoms with Crippen molar-refractivity contribution >= 4 is 35.4 Å². The van der Waals surface area contributed by atoms with Crippen molar-refractivity contribution in [3.05, 3.63) is 81.9 Å². The summed E-state index contributed by atoms with van der Waals surface area (Å²) in [6.45, 7) is 23.0. The predicted octanol–water partition coefficient (Wildman–Crippen LogP) is 12.0. The Kier molecular flexibility index (Phi) is 13.0. The number of amides is 2. The predicted molar refractivity (Wildman–Crippen MR) is 272 cm³/mol. The molecule has 6 fully saturated rings. The van der Waals surface area contributed by atoms with Crippen LogP contribution >= 0.6 is 11.6 Å². The molecule has 10 atom stereocenters. The van der Waals surface area contributed by atoms with Crippen LogP contribution in [0.2, 0.25) is 5.02 Å². The van der Waals surface area contributed by atoms with Crippen LogP contribution in [0, 0.1) is 62.6 Å². The molecule has 0 radical (unpaired) electrons. The second-order valence-corrected chi connectivity index (χ2v) is 26.2. The maximum atomic E-state index is 15.0. The Hall–Kier alpha value is -3.69. The first kappa shape index (κ1) is 50.3. The maximum absolute atomic E-state index is 15.0. The molecular formula is C59H82ClN3O6. The van der Waals surface area contributed by atoms with Gasteiger partial charge in [-0.05, 0) is 164 Å². The quantitative estimate of drug-likeness (QED) is 0.199. The highest BCUT2D eigenvalue weighted by molar-refractivity contribution is 6.30.